The molecule has 0 unspecified atom stereocenters. The summed E-state index contributed by atoms with van der Waals surface area (Å²) in [4.78, 5) is 9.28. The topological polar surface area (TPSA) is 115 Å². The molecule has 0 radical (unpaired) electrons. The van der Waals surface area contributed by atoms with E-state index in [2.05, 4.69) is 32.3 Å². The van der Waals surface area contributed by atoms with E-state index in [0.29, 0.717) is 22.8 Å². The van der Waals surface area contributed by atoms with Crippen LogP contribution in [0.25, 0.3) is 22.2 Å². The summed E-state index contributed by atoms with van der Waals surface area (Å²) in [5.41, 5.74) is 10.4. The number of hydrogen-bond acceptors (Lipinski definition) is 6. The molecule has 2 aromatic carbocycles. The minimum absolute atomic E-state index is 0.305. The molecule has 0 aliphatic rings. The SMILES string of the molecule is CC(C)S(=O)(=O)c1ccc(-c2cnc(N)c(CCc3ccc4[nH]ncc4c3)n2)cc1. The van der Waals surface area contributed by atoms with E-state index >= 15 is 0 Å². The molecule has 30 heavy (non-hydrogen) atoms. The van der Waals surface area contributed by atoms with E-state index in [1.807, 2.05) is 6.07 Å². The van der Waals surface area contributed by atoms with Crippen LogP contribution in [-0.2, 0) is 22.7 Å². The summed E-state index contributed by atoms with van der Waals surface area (Å²) < 4.78 is 24.6. The van der Waals surface area contributed by atoms with Crippen LogP contribution in [0.3, 0.4) is 0 Å². The summed E-state index contributed by atoms with van der Waals surface area (Å²) in [6.07, 6.45) is 4.84. The maximum absolute atomic E-state index is 12.3. The van der Waals surface area contributed by atoms with E-state index in [0.717, 1.165) is 28.6 Å². The van der Waals surface area contributed by atoms with Gasteiger partial charge in [-0.1, -0.05) is 18.2 Å². The highest BCUT2D eigenvalue weighted by Crippen LogP contribution is 2.23. The first-order chi connectivity index (χ1) is 14.3. The highest BCUT2D eigenvalue weighted by atomic mass is 32.2. The molecule has 3 N–H and O–H groups in total. The number of aromatic nitrogens is 4. The summed E-state index contributed by atoms with van der Waals surface area (Å²) in [7, 11) is -3.30. The highest BCUT2D eigenvalue weighted by Gasteiger charge is 2.19. The fraction of sp³-hybridized carbons (Fsp3) is 0.227. The number of fused-ring (bicyclic) bond motifs is 1. The molecule has 0 saturated carbocycles. The summed E-state index contributed by atoms with van der Waals surface area (Å²) >= 11 is 0. The molecule has 4 aromatic rings. The number of nitrogen functional groups attached to an aromatic ring is 1. The smallest absolute Gasteiger partial charge is 0.180 e. The molecular formula is C22H23N5O2S. The van der Waals surface area contributed by atoms with E-state index in [1.165, 1.54) is 5.56 Å². The lowest BCUT2D eigenvalue weighted by Crippen LogP contribution is -2.13. The molecule has 8 heteroatoms. The second kappa shape index (κ2) is 7.87. The van der Waals surface area contributed by atoms with E-state index < -0.39 is 15.1 Å². The predicted octanol–water partition coefficient (Wildman–Crippen LogP) is 3.57. The van der Waals surface area contributed by atoms with Gasteiger partial charge < -0.3 is 5.73 Å². The number of nitrogens with zero attached hydrogens (tertiary/aromatic N) is 3. The van der Waals surface area contributed by atoms with Crippen molar-refractivity contribution in [1.82, 2.24) is 20.2 Å². The van der Waals surface area contributed by atoms with Crippen LogP contribution in [0.15, 0.2) is 59.8 Å². The van der Waals surface area contributed by atoms with Crippen molar-refractivity contribution in [3.63, 3.8) is 0 Å². The molecule has 2 aromatic heterocycles. The molecule has 0 bridgehead atoms. The van der Waals surface area contributed by atoms with Gasteiger partial charge in [0.2, 0.25) is 0 Å². The Morgan fingerprint density at radius 1 is 1.03 bits per heavy atom. The molecule has 0 atom stereocenters. The lowest BCUT2D eigenvalue weighted by molar-refractivity contribution is 0.587. The van der Waals surface area contributed by atoms with Crippen molar-refractivity contribution in [3.8, 4) is 11.3 Å². The van der Waals surface area contributed by atoms with E-state index in [1.54, 1.807) is 50.5 Å². The van der Waals surface area contributed by atoms with Gasteiger partial charge >= 0.3 is 0 Å². The van der Waals surface area contributed by atoms with Gasteiger partial charge in [-0.25, -0.2) is 18.4 Å². The van der Waals surface area contributed by atoms with Gasteiger partial charge in [0.15, 0.2) is 9.84 Å². The molecule has 7 nitrogen and oxygen atoms in total. The van der Waals surface area contributed by atoms with Crippen molar-refractivity contribution in [2.24, 2.45) is 0 Å². The maximum atomic E-state index is 12.3. The monoisotopic (exact) mass is 421 g/mol. The van der Waals surface area contributed by atoms with Gasteiger partial charge in [-0.05, 0) is 56.5 Å². The molecule has 0 aliphatic carbocycles. The number of anilines is 1. The number of rotatable bonds is 6. The van der Waals surface area contributed by atoms with Gasteiger partial charge in [-0.2, -0.15) is 5.10 Å². The average Bonchev–Trinajstić information content (AvgIpc) is 3.21. The Kier molecular flexibility index (Phi) is 5.26. The Morgan fingerprint density at radius 3 is 2.53 bits per heavy atom. The number of sulfone groups is 1. The Bertz CT molecular complexity index is 1290. The summed E-state index contributed by atoms with van der Waals surface area (Å²) in [5, 5.41) is 7.59. The largest absolute Gasteiger partial charge is 0.382 e. The molecular weight excluding hydrogens is 398 g/mol. The van der Waals surface area contributed by atoms with Crippen LogP contribution in [0.2, 0.25) is 0 Å². The van der Waals surface area contributed by atoms with Gasteiger partial charge in [0, 0.05) is 10.9 Å². The molecule has 0 spiro atoms. The van der Waals surface area contributed by atoms with E-state index in [9.17, 15) is 8.42 Å². The predicted molar refractivity (Wildman–Crippen MR) is 118 cm³/mol. The third-order valence-electron chi connectivity index (χ3n) is 5.13. The lowest BCUT2D eigenvalue weighted by Gasteiger charge is -2.10. The van der Waals surface area contributed by atoms with Crippen LogP contribution < -0.4 is 5.73 Å². The zero-order chi connectivity index (χ0) is 21.3. The Morgan fingerprint density at radius 2 is 1.80 bits per heavy atom. The first kappa shape index (κ1) is 20.0. The Hall–Kier alpha value is -3.26. The van der Waals surface area contributed by atoms with Crippen molar-refractivity contribution in [2.75, 3.05) is 5.73 Å². The minimum Gasteiger partial charge on any atom is -0.382 e. The van der Waals surface area contributed by atoms with Gasteiger partial charge in [0.1, 0.15) is 5.82 Å². The second-order valence-electron chi connectivity index (χ2n) is 7.50. The third kappa shape index (κ3) is 3.91. The normalized spacial score (nSPS) is 12.0. The Balaban J connectivity index is 1.55. The van der Waals surface area contributed by atoms with Gasteiger partial charge in [-0.15, -0.1) is 0 Å². The average molecular weight is 422 g/mol. The van der Waals surface area contributed by atoms with E-state index in [-0.39, 0.29) is 0 Å². The van der Waals surface area contributed by atoms with Crippen molar-refractivity contribution in [1.29, 1.82) is 0 Å². The molecule has 0 aliphatic heterocycles. The van der Waals surface area contributed by atoms with E-state index in [4.69, 9.17) is 5.73 Å². The van der Waals surface area contributed by atoms with Crippen molar-refractivity contribution < 1.29 is 8.42 Å². The number of H-pyrrole nitrogens is 1. The standard InChI is InChI=1S/C22H23N5O2S/c1-14(2)30(28,29)18-7-5-16(6-8-18)21-13-24-22(23)20(26-21)10-4-15-3-9-19-17(11-15)12-25-27-19/h3,5-9,11-14H,4,10H2,1-2H3,(H2,23,24)(H,25,27). The number of nitrogens with one attached hydrogen (secondary N) is 1. The van der Waals surface area contributed by atoms with Crippen LogP contribution in [0.4, 0.5) is 5.82 Å². The van der Waals surface area contributed by atoms with Crippen molar-refractivity contribution >= 4 is 26.6 Å². The zero-order valence-corrected chi connectivity index (χ0v) is 17.6. The first-order valence-corrected chi connectivity index (χ1v) is 11.3. The molecule has 0 amide bonds. The van der Waals surface area contributed by atoms with Crippen LogP contribution in [0, 0.1) is 0 Å². The van der Waals surface area contributed by atoms with Gasteiger partial charge in [0.05, 0.1) is 39.4 Å². The molecule has 4 rings (SSSR count). The highest BCUT2D eigenvalue weighted by molar-refractivity contribution is 7.92. The molecule has 2 heterocycles. The summed E-state index contributed by atoms with van der Waals surface area (Å²) in [6, 6.07) is 12.9. The fourth-order valence-corrected chi connectivity index (χ4v) is 4.32. The molecule has 0 fully saturated rings. The summed E-state index contributed by atoms with van der Waals surface area (Å²) in [6.45, 7) is 3.34. The number of aryl methyl sites for hydroxylation is 2. The van der Waals surface area contributed by atoms with Crippen LogP contribution in [0.5, 0.6) is 0 Å². The number of aromatic amines is 1. The van der Waals surface area contributed by atoms with Crippen LogP contribution in [0.1, 0.15) is 25.1 Å². The first-order valence-electron chi connectivity index (χ1n) is 9.72. The van der Waals surface area contributed by atoms with Crippen LogP contribution >= 0.6 is 0 Å². The number of nitrogens with two attached hydrogens (primary N) is 1. The fourth-order valence-electron chi connectivity index (χ4n) is 3.26. The molecule has 154 valence electrons. The lowest BCUT2D eigenvalue weighted by atomic mass is 10.1. The number of benzene rings is 2. The quantitative estimate of drug-likeness (QED) is 0.492. The maximum Gasteiger partial charge on any atom is 0.180 e. The third-order valence-corrected chi connectivity index (χ3v) is 7.30. The summed E-state index contributed by atoms with van der Waals surface area (Å²) in [5.74, 6) is 0.405. The Labute approximate surface area is 175 Å². The van der Waals surface area contributed by atoms with Crippen LogP contribution in [-0.4, -0.2) is 33.8 Å². The van der Waals surface area contributed by atoms with Crippen molar-refractivity contribution in [2.45, 2.75) is 36.8 Å². The van der Waals surface area contributed by atoms with Gasteiger partial charge in [0.25, 0.3) is 0 Å². The second-order valence-corrected chi connectivity index (χ2v) is 10.0. The minimum atomic E-state index is -3.30. The zero-order valence-electron chi connectivity index (χ0n) is 16.8. The van der Waals surface area contributed by atoms with Crippen molar-refractivity contribution in [3.05, 3.63) is 66.1 Å². The number of hydrogen-bond donors (Lipinski definition) is 2. The van der Waals surface area contributed by atoms with Gasteiger partial charge in [-0.3, -0.25) is 5.10 Å². The molecule has 0 saturated heterocycles.